The van der Waals surface area contributed by atoms with E-state index in [4.69, 9.17) is 4.74 Å². The molecule has 0 bridgehead atoms. The third-order valence-corrected chi connectivity index (χ3v) is 5.48. The first-order valence-electron chi connectivity index (χ1n) is 11.2. The largest absolute Gasteiger partial charge is 0.508 e. The minimum Gasteiger partial charge on any atom is -0.508 e. The van der Waals surface area contributed by atoms with Crippen LogP contribution in [0.1, 0.15) is 41.2 Å². The molecule has 0 saturated carbocycles. The van der Waals surface area contributed by atoms with E-state index in [1.54, 1.807) is 12.1 Å². The first kappa shape index (κ1) is 23.8. The van der Waals surface area contributed by atoms with E-state index in [0.29, 0.717) is 17.7 Å². The molecule has 0 aliphatic rings. The first-order valence-corrected chi connectivity index (χ1v) is 11.2. The molecule has 5 nitrogen and oxygen atoms in total. The van der Waals surface area contributed by atoms with Gasteiger partial charge in [0.15, 0.2) is 0 Å². The number of nitrogens with one attached hydrogen (secondary N) is 1. The molecular weight excluding hydrogens is 402 g/mol. The number of benzene rings is 3. The molecule has 0 heterocycles. The highest BCUT2D eigenvalue weighted by Gasteiger charge is 2.10. The number of aliphatic hydroxyl groups excluding tert-OH is 2. The van der Waals surface area contributed by atoms with E-state index in [2.05, 4.69) is 41.7 Å². The van der Waals surface area contributed by atoms with Crippen molar-refractivity contribution >= 4 is 0 Å². The third kappa shape index (κ3) is 7.68. The number of aryl methyl sites for hydroxylation is 1. The second-order valence-corrected chi connectivity index (χ2v) is 7.95. The average molecular weight is 436 g/mol. The van der Waals surface area contributed by atoms with Crippen molar-refractivity contribution < 1.29 is 20.1 Å². The van der Waals surface area contributed by atoms with E-state index in [-0.39, 0.29) is 12.4 Å². The molecule has 0 radical (unpaired) electrons. The van der Waals surface area contributed by atoms with Crippen LogP contribution in [0.5, 0.6) is 11.5 Å². The van der Waals surface area contributed by atoms with Crippen molar-refractivity contribution in [1.82, 2.24) is 5.32 Å². The highest BCUT2D eigenvalue weighted by Crippen LogP contribution is 2.22. The van der Waals surface area contributed by atoms with Gasteiger partial charge in [-0.25, -0.2) is 0 Å². The smallest absolute Gasteiger partial charge is 0.121 e. The summed E-state index contributed by atoms with van der Waals surface area (Å²) >= 11 is 0. The second-order valence-electron chi connectivity index (χ2n) is 7.95. The van der Waals surface area contributed by atoms with Gasteiger partial charge < -0.3 is 25.4 Å². The Hall–Kier alpha value is -2.86. The molecule has 0 aliphatic heterocycles. The van der Waals surface area contributed by atoms with Gasteiger partial charge in [0, 0.05) is 12.1 Å². The zero-order valence-electron chi connectivity index (χ0n) is 18.4. The number of hydrogen-bond donors (Lipinski definition) is 4. The fourth-order valence-corrected chi connectivity index (χ4v) is 3.55. The van der Waals surface area contributed by atoms with E-state index in [9.17, 15) is 15.3 Å². The summed E-state index contributed by atoms with van der Waals surface area (Å²) in [6, 6.07) is 23.5. The number of aliphatic hydroxyl groups is 2. The zero-order valence-corrected chi connectivity index (χ0v) is 18.4. The molecule has 0 fully saturated rings. The lowest BCUT2D eigenvalue weighted by molar-refractivity contribution is 0.174. The van der Waals surface area contributed by atoms with Crippen LogP contribution in [0.2, 0.25) is 0 Å². The van der Waals surface area contributed by atoms with E-state index < -0.39 is 6.10 Å². The molecule has 32 heavy (non-hydrogen) atoms. The van der Waals surface area contributed by atoms with Gasteiger partial charge in [0.25, 0.3) is 0 Å². The summed E-state index contributed by atoms with van der Waals surface area (Å²) in [5.74, 6) is 0.930. The Morgan fingerprint density at radius 2 is 1.59 bits per heavy atom. The van der Waals surface area contributed by atoms with Gasteiger partial charge in [0.05, 0.1) is 19.3 Å². The molecule has 3 rings (SSSR count). The topological polar surface area (TPSA) is 82.0 Å². The Balaban J connectivity index is 1.30. The first-order chi connectivity index (χ1) is 15.7. The maximum absolute atomic E-state index is 10.3. The maximum Gasteiger partial charge on any atom is 0.121 e. The lowest BCUT2D eigenvalue weighted by Gasteiger charge is -2.14. The summed E-state index contributed by atoms with van der Waals surface area (Å²) in [6.07, 6.45) is 3.38. The highest BCUT2D eigenvalue weighted by molar-refractivity contribution is 5.36. The Morgan fingerprint density at radius 3 is 2.34 bits per heavy atom. The molecule has 1 atom stereocenters. The molecular formula is C27H33NO4. The number of unbranched alkanes of at least 4 members (excludes halogenated alkanes) is 1. The Morgan fingerprint density at radius 1 is 0.844 bits per heavy atom. The highest BCUT2D eigenvalue weighted by atomic mass is 16.5. The molecule has 0 spiro atoms. The normalized spacial score (nSPS) is 11.9. The van der Waals surface area contributed by atoms with Gasteiger partial charge in [-0.3, -0.25) is 0 Å². The molecule has 3 aromatic rings. The SMILES string of the molecule is OCc1cc(C(O)CNCCc2ccc(OCCCCc3ccccc3)cc2)ccc1O. The van der Waals surface area contributed by atoms with Gasteiger partial charge in [-0.2, -0.15) is 0 Å². The molecule has 0 aliphatic carbocycles. The summed E-state index contributed by atoms with van der Waals surface area (Å²) in [4.78, 5) is 0. The van der Waals surface area contributed by atoms with Crippen LogP contribution in [0, 0.1) is 0 Å². The van der Waals surface area contributed by atoms with Gasteiger partial charge in [-0.1, -0.05) is 48.5 Å². The molecule has 0 saturated heterocycles. The van der Waals surface area contributed by atoms with Crippen molar-refractivity contribution in [3.05, 3.63) is 95.1 Å². The van der Waals surface area contributed by atoms with E-state index in [0.717, 1.165) is 44.6 Å². The molecule has 5 heteroatoms. The summed E-state index contributed by atoms with van der Waals surface area (Å²) in [5.41, 5.74) is 3.66. The quantitative estimate of drug-likeness (QED) is 0.303. The van der Waals surface area contributed by atoms with E-state index in [1.165, 1.54) is 17.2 Å². The van der Waals surface area contributed by atoms with Crippen LogP contribution in [0.3, 0.4) is 0 Å². The fourth-order valence-electron chi connectivity index (χ4n) is 3.55. The number of hydrogen-bond acceptors (Lipinski definition) is 5. The molecule has 0 amide bonds. The van der Waals surface area contributed by atoms with Gasteiger partial charge in [0.2, 0.25) is 0 Å². The average Bonchev–Trinajstić information content (AvgIpc) is 2.83. The Bertz CT molecular complexity index is 928. The van der Waals surface area contributed by atoms with Crippen LogP contribution in [-0.2, 0) is 19.4 Å². The van der Waals surface area contributed by atoms with Gasteiger partial charge in [-0.15, -0.1) is 0 Å². The van der Waals surface area contributed by atoms with Crippen LogP contribution >= 0.6 is 0 Å². The molecule has 170 valence electrons. The van der Waals surface area contributed by atoms with Gasteiger partial charge in [0.1, 0.15) is 11.5 Å². The van der Waals surface area contributed by atoms with Crippen LogP contribution in [0.15, 0.2) is 72.8 Å². The van der Waals surface area contributed by atoms with Crippen LogP contribution in [0.25, 0.3) is 0 Å². The van der Waals surface area contributed by atoms with Crippen molar-refractivity contribution in [2.75, 3.05) is 19.7 Å². The predicted molar refractivity (Wildman–Crippen MR) is 127 cm³/mol. The number of rotatable bonds is 13. The molecule has 1 unspecified atom stereocenters. The Kier molecular flexibility index (Phi) is 9.57. The lowest BCUT2D eigenvalue weighted by Crippen LogP contribution is -2.23. The van der Waals surface area contributed by atoms with E-state index >= 15 is 0 Å². The summed E-state index contributed by atoms with van der Waals surface area (Å²) in [6.45, 7) is 1.61. The predicted octanol–water partition coefficient (Wildman–Crippen LogP) is 4.15. The monoisotopic (exact) mass is 435 g/mol. The lowest BCUT2D eigenvalue weighted by atomic mass is 10.1. The van der Waals surface area contributed by atoms with Crippen molar-refractivity contribution in [3.8, 4) is 11.5 Å². The third-order valence-electron chi connectivity index (χ3n) is 5.48. The summed E-state index contributed by atoms with van der Waals surface area (Å²) < 4.78 is 5.85. The summed E-state index contributed by atoms with van der Waals surface area (Å²) in [5, 5.41) is 32.4. The van der Waals surface area contributed by atoms with Crippen molar-refractivity contribution in [2.45, 2.75) is 38.4 Å². The number of phenols is 1. The standard InChI is InChI=1S/C27H33NO4/c29-20-24-18-23(11-14-26(24)30)27(31)19-28-16-15-22-9-12-25(13-10-22)32-17-5-4-8-21-6-2-1-3-7-21/h1-3,6-7,9-14,18,27-31H,4-5,8,15-17,19-20H2. The molecule has 0 aromatic heterocycles. The molecule has 3 aromatic carbocycles. The summed E-state index contributed by atoms with van der Waals surface area (Å²) in [7, 11) is 0. The minimum absolute atomic E-state index is 0.0380. The fraction of sp³-hybridized carbons (Fsp3) is 0.333. The number of ether oxygens (including phenoxy) is 1. The second kappa shape index (κ2) is 12.9. The van der Waals surface area contributed by atoms with Crippen molar-refractivity contribution in [3.63, 3.8) is 0 Å². The molecule has 4 N–H and O–H groups in total. The van der Waals surface area contributed by atoms with Crippen LogP contribution in [-0.4, -0.2) is 35.0 Å². The van der Waals surface area contributed by atoms with E-state index in [1.807, 2.05) is 18.2 Å². The van der Waals surface area contributed by atoms with Crippen LogP contribution < -0.4 is 10.1 Å². The Labute approximate surface area is 190 Å². The minimum atomic E-state index is -0.696. The number of aromatic hydroxyl groups is 1. The zero-order chi connectivity index (χ0) is 22.6. The van der Waals surface area contributed by atoms with Gasteiger partial charge in [-0.05, 0) is 73.2 Å². The van der Waals surface area contributed by atoms with Gasteiger partial charge >= 0.3 is 0 Å². The maximum atomic E-state index is 10.3. The van der Waals surface area contributed by atoms with Crippen molar-refractivity contribution in [2.24, 2.45) is 0 Å². The van der Waals surface area contributed by atoms with Crippen LogP contribution in [0.4, 0.5) is 0 Å². The van der Waals surface area contributed by atoms with Crippen molar-refractivity contribution in [1.29, 1.82) is 0 Å².